The Hall–Kier alpha value is -3.88. The Morgan fingerprint density at radius 1 is 0.878 bits per heavy atom. The van der Waals surface area contributed by atoms with E-state index in [-0.39, 0.29) is 29.8 Å². The number of amides is 1. The SMILES string of the molecule is COc1cccc(Cn2cccc2CN(Cc2ccccc2)C(=O)CN(CC(C)C)S(=O)(=O)c2ccc(C)cc2)c1. The smallest absolute Gasteiger partial charge is 0.243 e. The van der Waals surface area contributed by atoms with Crippen molar-refractivity contribution >= 4 is 15.9 Å². The molecule has 0 bridgehead atoms. The molecule has 1 heterocycles. The standard InChI is InChI=1S/C33H39N3O4S/c1-26(2)21-36(41(38,39)32-17-15-27(3)16-18-32)25-33(37)35(22-28-10-6-5-7-11-28)24-30-13-9-19-34(30)23-29-12-8-14-31(20-29)40-4/h5-20,26H,21-25H2,1-4H3. The minimum absolute atomic E-state index is 0.0469. The predicted octanol–water partition coefficient (Wildman–Crippen LogP) is 5.73. The summed E-state index contributed by atoms with van der Waals surface area (Å²) in [5, 5.41) is 0. The highest BCUT2D eigenvalue weighted by Crippen LogP contribution is 2.20. The van der Waals surface area contributed by atoms with Gasteiger partial charge in [-0.25, -0.2) is 8.42 Å². The molecule has 0 aliphatic heterocycles. The second-order valence-corrected chi connectivity index (χ2v) is 12.7. The zero-order chi connectivity index (χ0) is 29.4. The zero-order valence-corrected chi connectivity index (χ0v) is 25.0. The van der Waals surface area contributed by atoms with Gasteiger partial charge >= 0.3 is 0 Å². The number of aryl methyl sites for hydroxylation is 1. The van der Waals surface area contributed by atoms with Crippen molar-refractivity contribution in [1.29, 1.82) is 0 Å². The number of carbonyl (C=O) groups excluding carboxylic acids is 1. The number of hydrogen-bond acceptors (Lipinski definition) is 4. The summed E-state index contributed by atoms with van der Waals surface area (Å²) >= 11 is 0. The number of sulfonamides is 1. The lowest BCUT2D eigenvalue weighted by Crippen LogP contribution is -2.44. The molecular weight excluding hydrogens is 534 g/mol. The number of carbonyl (C=O) groups is 1. The van der Waals surface area contributed by atoms with Crippen molar-refractivity contribution in [2.75, 3.05) is 20.2 Å². The minimum Gasteiger partial charge on any atom is -0.497 e. The first kappa shape index (κ1) is 30.1. The third-order valence-electron chi connectivity index (χ3n) is 6.87. The molecule has 0 fully saturated rings. The molecule has 0 saturated carbocycles. The summed E-state index contributed by atoms with van der Waals surface area (Å²) in [6.45, 7) is 7.15. The van der Waals surface area contributed by atoms with E-state index in [0.29, 0.717) is 19.6 Å². The van der Waals surface area contributed by atoms with E-state index >= 15 is 0 Å². The van der Waals surface area contributed by atoms with Gasteiger partial charge in [-0.05, 0) is 60.4 Å². The summed E-state index contributed by atoms with van der Waals surface area (Å²) in [7, 11) is -2.22. The average molecular weight is 574 g/mol. The van der Waals surface area contributed by atoms with Crippen LogP contribution in [0.1, 0.15) is 36.2 Å². The van der Waals surface area contributed by atoms with Gasteiger partial charge in [-0.1, -0.05) is 74.0 Å². The Labute approximate surface area is 244 Å². The Morgan fingerprint density at radius 3 is 2.27 bits per heavy atom. The number of rotatable bonds is 13. The first-order valence-electron chi connectivity index (χ1n) is 13.8. The van der Waals surface area contributed by atoms with Crippen LogP contribution in [0.5, 0.6) is 5.75 Å². The molecular formula is C33H39N3O4S. The van der Waals surface area contributed by atoms with Gasteiger partial charge in [-0.3, -0.25) is 4.79 Å². The van der Waals surface area contributed by atoms with Crippen LogP contribution >= 0.6 is 0 Å². The number of aromatic nitrogens is 1. The number of nitrogens with zero attached hydrogens (tertiary/aromatic N) is 3. The highest BCUT2D eigenvalue weighted by atomic mass is 32.2. The molecule has 8 heteroatoms. The lowest BCUT2D eigenvalue weighted by Gasteiger charge is -2.29. The van der Waals surface area contributed by atoms with Gasteiger partial charge in [0.25, 0.3) is 0 Å². The number of benzene rings is 3. The summed E-state index contributed by atoms with van der Waals surface area (Å²) in [6, 6.07) is 28.4. The quantitative estimate of drug-likeness (QED) is 0.205. The van der Waals surface area contributed by atoms with Gasteiger partial charge in [0, 0.05) is 31.5 Å². The fourth-order valence-electron chi connectivity index (χ4n) is 4.71. The molecule has 4 rings (SSSR count). The van der Waals surface area contributed by atoms with E-state index in [1.807, 2.05) is 93.7 Å². The molecule has 0 atom stereocenters. The van der Waals surface area contributed by atoms with Crippen LogP contribution < -0.4 is 4.74 Å². The van der Waals surface area contributed by atoms with Crippen LogP contribution in [-0.4, -0.2) is 48.3 Å². The summed E-state index contributed by atoms with van der Waals surface area (Å²) < 4.78 is 36.1. The predicted molar refractivity (Wildman–Crippen MR) is 162 cm³/mol. The second kappa shape index (κ2) is 13.7. The van der Waals surface area contributed by atoms with Crippen molar-refractivity contribution in [3.63, 3.8) is 0 Å². The average Bonchev–Trinajstić information content (AvgIpc) is 3.39. The van der Waals surface area contributed by atoms with Crippen molar-refractivity contribution in [2.45, 2.75) is 45.3 Å². The molecule has 0 N–H and O–H groups in total. The molecule has 216 valence electrons. The molecule has 0 unspecified atom stereocenters. The van der Waals surface area contributed by atoms with Crippen LogP contribution in [0.25, 0.3) is 0 Å². The molecule has 0 aliphatic carbocycles. The van der Waals surface area contributed by atoms with Crippen LogP contribution in [0.3, 0.4) is 0 Å². The maximum absolute atomic E-state index is 13.9. The summed E-state index contributed by atoms with van der Waals surface area (Å²) in [6.07, 6.45) is 1.99. The zero-order valence-electron chi connectivity index (χ0n) is 24.2. The lowest BCUT2D eigenvalue weighted by molar-refractivity contribution is -0.132. The van der Waals surface area contributed by atoms with Crippen LogP contribution in [0.15, 0.2) is 102 Å². The maximum Gasteiger partial charge on any atom is 0.243 e. The molecule has 0 radical (unpaired) electrons. The largest absolute Gasteiger partial charge is 0.497 e. The Kier molecular flexibility index (Phi) is 10.0. The van der Waals surface area contributed by atoms with Crippen LogP contribution in [0.4, 0.5) is 0 Å². The van der Waals surface area contributed by atoms with E-state index in [1.54, 1.807) is 36.3 Å². The van der Waals surface area contributed by atoms with Crippen LogP contribution in [-0.2, 0) is 34.5 Å². The van der Waals surface area contributed by atoms with Crippen molar-refractivity contribution in [2.24, 2.45) is 5.92 Å². The molecule has 4 aromatic rings. The molecule has 0 spiro atoms. The van der Waals surface area contributed by atoms with Gasteiger partial charge in [0.15, 0.2) is 0 Å². The minimum atomic E-state index is -3.86. The Morgan fingerprint density at radius 2 is 1.59 bits per heavy atom. The molecule has 3 aromatic carbocycles. The van der Waals surface area contributed by atoms with Crippen molar-refractivity contribution in [1.82, 2.24) is 13.8 Å². The lowest BCUT2D eigenvalue weighted by atomic mass is 10.2. The highest BCUT2D eigenvalue weighted by Gasteiger charge is 2.29. The molecule has 1 aromatic heterocycles. The molecule has 7 nitrogen and oxygen atoms in total. The maximum atomic E-state index is 13.9. The first-order valence-corrected chi connectivity index (χ1v) is 15.2. The van der Waals surface area contributed by atoms with Gasteiger partial charge in [0.2, 0.25) is 15.9 Å². The van der Waals surface area contributed by atoms with Crippen LogP contribution in [0, 0.1) is 12.8 Å². The van der Waals surface area contributed by atoms with Gasteiger partial charge < -0.3 is 14.2 Å². The number of hydrogen-bond donors (Lipinski definition) is 0. The summed E-state index contributed by atoms with van der Waals surface area (Å²) in [5.74, 6) is 0.585. The van der Waals surface area contributed by atoms with E-state index in [1.165, 1.54) is 4.31 Å². The third-order valence-corrected chi connectivity index (χ3v) is 8.70. The fraction of sp³-hybridized carbons (Fsp3) is 0.303. The monoisotopic (exact) mass is 573 g/mol. The van der Waals surface area contributed by atoms with Crippen LogP contribution in [0.2, 0.25) is 0 Å². The molecule has 0 aliphatic rings. The van der Waals surface area contributed by atoms with E-state index in [4.69, 9.17) is 4.74 Å². The highest BCUT2D eigenvalue weighted by molar-refractivity contribution is 7.89. The Balaban J connectivity index is 1.61. The molecule has 41 heavy (non-hydrogen) atoms. The Bertz CT molecular complexity index is 1530. The fourth-order valence-corrected chi connectivity index (χ4v) is 6.26. The van der Waals surface area contributed by atoms with Crippen molar-refractivity contribution in [3.05, 3.63) is 120 Å². The van der Waals surface area contributed by atoms with Gasteiger partial charge in [0.05, 0.1) is 25.1 Å². The number of methoxy groups -OCH3 is 1. The van der Waals surface area contributed by atoms with E-state index in [2.05, 4.69) is 4.57 Å². The van der Waals surface area contributed by atoms with Gasteiger partial charge in [-0.15, -0.1) is 0 Å². The summed E-state index contributed by atoms with van der Waals surface area (Å²) in [5.41, 5.74) is 3.98. The van der Waals surface area contributed by atoms with Gasteiger partial charge in [0.1, 0.15) is 5.75 Å². The van der Waals surface area contributed by atoms with E-state index in [9.17, 15) is 13.2 Å². The summed E-state index contributed by atoms with van der Waals surface area (Å²) in [4.78, 5) is 15.9. The van der Waals surface area contributed by atoms with Gasteiger partial charge in [-0.2, -0.15) is 4.31 Å². The van der Waals surface area contributed by atoms with E-state index < -0.39 is 10.0 Å². The topological polar surface area (TPSA) is 71.8 Å². The first-order chi connectivity index (χ1) is 19.7. The van der Waals surface area contributed by atoms with E-state index in [0.717, 1.165) is 28.1 Å². The number of ether oxygens (including phenoxy) is 1. The normalized spacial score (nSPS) is 11.7. The molecule has 0 saturated heterocycles. The van der Waals surface area contributed by atoms with Crippen molar-refractivity contribution in [3.8, 4) is 5.75 Å². The second-order valence-electron chi connectivity index (χ2n) is 10.7. The van der Waals surface area contributed by atoms with Crippen molar-refractivity contribution < 1.29 is 17.9 Å². The third kappa shape index (κ3) is 8.08. The molecule has 1 amide bonds.